The Morgan fingerprint density at radius 1 is 1.39 bits per heavy atom. The summed E-state index contributed by atoms with van der Waals surface area (Å²) in [6, 6.07) is 4.91. The van der Waals surface area contributed by atoms with Crippen molar-refractivity contribution in [1.29, 1.82) is 0 Å². The molecule has 2 rings (SSSR count). The highest BCUT2D eigenvalue weighted by Gasteiger charge is 2.08. The van der Waals surface area contributed by atoms with Gasteiger partial charge in [-0.1, -0.05) is 0 Å². The van der Waals surface area contributed by atoms with E-state index in [-0.39, 0.29) is 5.69 Å². The lowest BCUT2D eigenvalue weighted by Crippen LogP contribution is -1.94. The molecule has 0 spiro atoms. The highest BCUT2D eigenvalue weighted by Crippen LogP contribution is 2.23. The average Bonchev–Trinajstić information content (AvgIpc) is 2.76. The number of nitro benzene ring substituents is 1. The molecular formula is C12H14N4O2. The summed E-state index contributed by atoms with van der Waals surface area (Å²) in [5.74, 6) is 0. The normalized spacial score (nSPS) is 10.3. The lowest BCUT2D eigenvalue weighted by atomic mass is 10.2. The van der Waals surface area contributed by atoms with Gasteiger partial charge in [-0.3, -0.25) is 14.8 Å². The zero-order chi connectivity index (χ0) is 13.1. The standard InChI is InChI=1S/C12H14N4O2/c1-3-15-8-11(7-13-15)14-10-4-9(2)5-12(6-10)16(17)18/h4-8,14H,3H2,1-2H3. The monoisotopic (exact) mass is 246 g/mol. The van der Waals surface area contributed by atoms with Crippen LogP contribution in [0.25, 0.3) is 0 Å². The van der Waals surface area contributed by atoms with Gasteiger partial charge in [0, 0.05) is 30.6 Å². The van der Waals surface area contributed by atoms with Crippen LogP contribution in [0.4, 0.5) is 17.1 Å². The molecule has 1 aromatic heterocycles. The van der Waals surface area contributed by atoms with E-state index in [9.17, 15) is 10.1 Å². The van der Waals surface area contributed by atoms with Crippen LogP contribution in [-0.4, -0.2) is 14.7 Å². The number of hydrogen-bond acceptors (Lipinski definition) is 4. The van der Waals surface area contributed by atoms with E-state index in [4.69, 9.17) is 0 Å². The Labute approximate surface area is 104 Å². The molecule has 2 aromatic rings. The molecule has 0 aliphatic heterocycles. The molecule has 0 aliphatic rings. The number of aryl methyl sites for hydroxylation is 2. The lowest BCUT2D eigenvalue weighted by Gasteiger charge is -2.04. The third-order valence-corrected chi connectivity index (χ3v) is 2.52. The van der Waals surface area contributed by atoms with Crippen LogP contribution in [0.2, 0.25) is 0 Å². The smallest absolute Gasteiger partial charge is 0.271 e. The summed E-state index contributed by atoms with van der Waals surface area (Å²) in [5, 5.41) is 18.0. The van der Waals surface area contributed by atoms with Crippen molar-refractivity contribution < 1.29 is 4.92 Å². The molecule has 6 heteroatoms. The molecule has 1 aromatic carbocycles. The van der Waals surface area contributed by atoms with Gasteiger partial charge in [-0.2, -0.15) is 5.10 Å². The van der Waals surface area contributed by atoms with Gasteiger partial charge in [-0.25, -0.2) is 0 Å². The summed E-state index contributed by atoms with van der Waals surface area (Å²) in [5.41, 5.74) is 2.43. The second kappa shape index (κ2) is 4.87. The maximum absolute atomic E-state index is 10.8. The number of anilines is 2. The van der Waals surface area contributed by atoms with Crippen LogP contribution in [0.3, 0.4) is 0 Å². The zero-order valence-electron chi connectivity index (χ0n) is 10.3. The number of nitro groups is 1. The molecule has 0 unspecified atom stereocenters. The minimum atomic E-state index is -0.395. The van der Waals surface area contributed by atoms with E-state index in [0.29, 0.717) is 5.69 Å². The summed E-state index contributed by atoms with van der Waals surface area (Å²) in [6.07, 6.45) is 3.55. The minimum Gasteiger partial charge on any atom is -0.353 e. The molecule has 0 fully saturated rings. The Balaban J connectivity index is 2.25. The molecular weight excluding hydrogens is 232 g/mol. The van der Waals surface area contributed by atoms with Crippen LogP contribution < -0.4 is 5.32 Å². The molecule has 0 bridgehead atoms. The van der Waals surface area contributed by atoms with E-state index in [2.05, 4.69) is 10.4 Å². The van der Waals surface area contributed by atoms with E-state index in [1.54, 1.807) is 16.9 Å². The first kappa shape index (κ1) is 12.1. The van der Waals surface area contributed by atoms with Crippen molar-refractivity contribution in [3.63, 3.8) is 0 Å². The molecule has 18 heavy (non-hydrogen) atoms. The molecule has 0 aliphatic carbocycles. The van der Waals surface area contributed by atoms with Crippen LogP contribution in [0.5, 0.6) is 0 Å². The minimum absolute atomic E-state index is 0.0837. The fraction of sp³-hybridized carbons (Fsp3) is 0.250. The summed E-state index contributed by atoms with van der Waals surface area (Å²) in [4.78, 5) is 10.4. The van der Waals surface area contributed by atoms with Gasteiger partial charge in [0.15, 0.2) is 0 Å². The van der Waals surface area contributed by atoms with Gasteiger partial charge in [0.05, 0.1) is 16.8 Å². The van der Waals surface area contributed by atoms with Crippen molar-refractivity contribution in [1.82, 2.24) is 9.78 Å². The van der Waals surface area contributed by atoms with Crippen LogP contribution >= 0.6 is 0 Å². The van der Waals surface area contributed by atoms with E-state index >= 15 is 0 Å². The van der Waals surface area contributed by atoms with Gasteiger partial charge in [0.2, 0.25) is 0 Å². The summed E-state index contributed by atoms with van der Waals surface area (Å²) >= 11 is 0. The predicted octanol–water partition coefficient (Wildman–Crippen LogP) is 2.86. The van der Waals surface area contributed by atoms with Gasteiger partial charge in [-0.15, -0.1) is 0 Å². The molecule has 0 amide bonds. The van der Waals surface area contributed by atoms with Crippen molar-refractivity contribution >= 4 is 17.1 Å². The maximum Gasteiger partial charge on any atom is 0.271 e. The second-order valence-corrected chi connectivity index (χ2v) is 4.02. The largest absolute Gasteiger partial charge is 0.353 e. The number of rotatable bonds is 4. The number of benzene rings is 1. The predicted molar refractivity (Wildman–Crippen MR) is 69.0 cm³/mol. The van der Waals surface area contributed by atoms with E-state index < -0.39 is 4.92 Å². The highest BCUT2D eigenvalue weighted by atomic mass is 16.6. The topological polar surface area (TPSA) is 73.0 Å². The van der Waals surface area contributed by atoms with Crippen LogP contribution in [-0.2, 0) is 6.54 Å². The fourth-order valence-corrected chi connectivity index (χ4v) is 1.71. The van der Waals surface area contributed by atoms with E-state index in [0.717, 1.165) is 17.8 Å². The highest BCUT2D eigenvalue weighted by molar-refractivity contribution is 5.62. The Bertz CT molecular complexity index is 577. The SMILES string of the molecule is CCn1cc(Nc2cc(C)cc([N+](=O)[O-])c2)cn1. The Kier molecular flexibility index (Phi) is 3.27. The quantitative estimate of drug-likeness (QED) is 0.665. The van der Waals surface area contributed by atoms with Crippen LogP contribution in [0.15, 0.2) is 30.6 Å². The molecule has 0 atom stereocenters. The Hall–Kier alpha value is -2.37. The molecule has 6 nitrogen and oxygen atoms in total. The number of hydrogen-bond donors (Lipinski definition) is 1. The molecule has 1 N–H and O–H groups in total. The van der Waals surface area contributed by atoms with Gasteiger partial charge < -0.3 is 5.32 Å². The second-order valence-electron chi connectivity index (χ2n) is 4.02. The van der Waals surface area contributed by atoms with E-state index in [1.165, 1.54) is 6.07 Å². The number of nitrogens with one attached hydrogen (secondary N) is 1. The van der Waals surface area contributed by atoms with Crippen molar-refractivity contribution in [2.45, 2.75) is 20.4 Å². The first-order valence-electron chi connectivity index (χ1n) is 5.64. The van der Waals surface area contributed by atoms with E-state index in [1.807, 2.05) is 26.1 Å². The van der Waals surface area contributed by atoms with Crippen LogP contribution in [0, 0.1) is 17.0 Å². The summed E-state index contributed by atoms with van der Waals surface area (Å²) in [6.45, 7) is 4.61. The third kappa shape index (κ3) is 2.65. The molecule has 94 valence electrons. The summed E-state index contributed by atoms with van der Waals surface area (Å²) < 4.78 is 1.78. The molecule has 0 radical (unpaired) electrons. The van der Waals surface area contributed by atoms with Crippen molar-refractivity contribution in [2.24, 2.45) is 0 Å². The Morgan fingerprint density at radius 3 is 2.78 bits per heavy atom. The summed E-state index contributed by atoms with van der Waals surface area (Å²) in [7, 11) is 0. The molecule has 0 saturated carbocycles. The first-order valence-corrected chi connectivity index (χ1v) is 5.64. The van der Waals surface area contributed by atoms with Crippen LogP contribution in [0.1, 0.15) is 12.5 Å². The maximum atomic E-state index is 10.8. The van der Waals surface area contributed by atoms with Gasteiger partial charge in [0.25, 0.3) is 5.69 Å². The Morgan fingerprint density at radius 2 is 2.17 bits per heavy atom. The molecule has 1 heterocycles. The van der Waals surface area contributed by atoms with Gasteiger partial charge in [-0.05, 0) is 25.5 Å². The third-order valence-electron chi connectivity index (χ3n) is 2.52. The van der Waals surface area contributed by atoms with Crippen molar-refractivity contribution in [2.75, 3.05) is 5.32 Å². The zero-order valence-corrected chi connectivity index (χ0v) is 10.3. The van der Waals surface area contributed by atoms with Crippen molar-refractivity contribution in [3.8, 4) is 0 Å². The van der Waals surface area contributed by atoms with Gasteiger partial charge in [0.1, 0.15) is 0 Å². The van der Waals surface area contributed by atoms with Gasteiger partial charge >= 0.3 is 0 Å². The first-order chi connectivity index (χ1) is 8.58. The fourth-order valence-electron chi connectivity index (χ4n) is 1.71. The molecule has 0 saturated heterocycles. The number of nitrogens with zero attached hydrogens (tertiary/aromatic N) is 3. The lowest BCUT2D eigenvalue weighted by molar-refractivity contribution is -0.384. The van der Waals surface area contributed by atoms with Crippen molar-refractivity contribution in [3.05, 3.63) is 46.3 Å². The number of aromatic nitrogens is 2. The average molecular weight is 246 g/mol. The number of non-ortho nitro benzene ring substituents is 1.